The number of alkyl halides is 3. The molecule has 6 heteroatoms. The van der Waals surface area contributed by atoms with Gasteiger partial charge in [-0.25, -0.2) is 0 Å². The van der Waals surface area contributed by atoms with E-state index in [0.29, 0.717) is 12.1 Å². The molecular weight excluding hydrogens is 318 g/mol. The summed E-state index contributed by atoms with van der Waals surface area (Å²) in [6.45, 7) is 0.383. The third-order valence-electron chi connectivity index (χ3n) is 3.09. The largest absolute Gasteiger partial charge is 0.399 e. The minimum Gasteiger partial charge on any atom is -0.315 e. The van der Waals surface area contributed by atoms with Crippen molar-refractivity contribution in [3.05, 3.63) is 34.3 Å². The van der Waals surface area contributed by atoms with Crippen LogP contribution in [-0.4, -0.2) is 19.3 Å². The molecule has 17 heavy (non-hydrogen) atoms. The van der Waals surface area contributed by atoms with Gasteiger partial charge in [-0.05, 0) is 30.7 Å². The zero-order valence-corrected chi connectivity index (χ0v) is 11.3. The molecule has 0 radical (unpaired) electrons. The minimum atomic E-state index is -4.20. The highest BCUT2D eigenvalue weighted by Crippen LogP contribution is 2.45. The van der Waals surface area contributed by atoms with Gasteiger partial charge in [0.05, 0.1) is 0 Å². The molecule has 0 bridgehead atoms. The zero-order chi connectivity index (χ0) is 11.8. The fourth-order valence-electron chi connectivity index (χ4n) is 2.11. The number of hydrogen-bond acceptors (Lipinski definition) is 1. The molecule has 1 nitrogen and oxygen atoms in total. The normalized spacial score (nSPS) is 24.5. The first-order chi connectivity index (χ1) is 7.46. The van der Waals surface area contributed by atoms with Gasteiger partial charge < -0.3 is 5.32 Å². The smallest absolute Gasteiger partial charge is 0.315 e. The summed E-state index contributed by atoms with van der Waals surface area (Å²) in [6.07, 6.45) is -4.09. The van der Waals surface area contributed by atoms with Crippen molar-refractivity contribution in [2.45, 2.75) is 18.0 Å². The first-order valence-corrected chi connectivity index (χ1v) is 5.78. The lowest BCUT2D eigenvalue weighted by Crippen LogP contribution is -2.44. The molecule has 1 atom stereocenters. The monoisotopic (exact) mass is 329 g/mol. The van der Waals surface area contributed by atoms with Gasteiger partial charge in [0.15, 0.2) is 0 Å². The summed E-state index contributed by atoms with van der Waals surface area (Å²) in [6, 6.07) is 6.40. The van der Waals surface area contributed by atoms with Crippen LogP contribution in [0.3, 0.4) is 0 Å². The van der Waals surface area contributed by atoms with Crippen LogP contribution < -0.4 is 5.32 Å². The van der Waals surface area contributed by atoms with E-state index in [2.05, 4.69) is 21.2 Å². The third kappa shape index (κ3) is 2.61. The van der Waals surface area contributed by atoms with Crippen LogP contribution in [0.5, 0.6) is 0 Å². The van der Waals surface area contributed by atoms with Crippen LogP contribution in [0.1, 0.15) is 12.0 Å². The molecule has 1 fully saturated rings. The van der Waals surface area contributed by atoms with Crippen molar-refractivity contribution in [2.75, 3.05) is 13.1 Å². The summed E-state index contributed by atoms with van der Waals surface area (Å²) in [7, 11) is 0. The van der Waals surface area contributed by atoms with E-state index in [1.807, 2.05) is 0 Å². The molecule has 1 aromatic carbocycles. The van der Waals surface area contributed by atoms with Crippen molar-refractivity contribution in [1.82, 2.24) is 5.32 Å². The Bertz CT molecular complexity index is 371. The fourth-order valence-corrected chi connectivity index (χ4v) is 2.38. The van der Waals surface area contributed by atoms with Gasteiger partial charge in [-0.1, -0.05) is 28.1 Å². The van der Waals surface area contributed by atoms with E-state index >= 15 is 0 Å². The second-order valence-corrected chi connectivity index (χ2v) is 4.93. The molecule has 1 aliphatic heterocycles. The van der Waals surface area contributed by atoms with Crippen LogP contribution in [0.25, 0.3) is 0 Å². The van der Waals surface area contributed by atoms with Crippen LogP contribution in [0, 0.1) is 0 Å². The summed E-state index contributed by atoms with van der Waals surface area (Å²) in [5, 5.41) is 2.80. The Morgan fingerprint density at radius 2 is 1.76 bits per heavy atom. The van der Waals surface area contributed by atoms with E-state index in [1.54, 1.807) is 24.3 Å². The molecule has 1 saturated heterocycles. The molecule has 0 saturated carbocycles. The topological polar surface area (TPSA) is 12.0 Å². The molecule has 1 aromatic rings. The van der Waals surface area contributed by atoms with Gasteiger partial charge in [0.1, 0.15) is 5.41 Å². The maximum atomic E-state index is 13.2. The SMILES string of the molecule is Cl.FC(F)(F)C1(c2ccc(Br)cc2)CCNC1. The highest BCUT2D eigenvalue weighted by atomic mass is 79.9. The molecule has 0 aromatic heterocycles. The Kier molecular flexibility index (Phi) is 4.49. The van der Waals surface area contributed by atoms with E-state index in [4.69, 9.17) is 0 Å². The molecule has 0 amide bonds. The summed E-state index contributed by atoms with van der Waals surface area (Å²) in [5.41, 5.74) is -1.37. The first kappa shape index (κ1) is 14.8. The number of rotatable bonds is 1. The second-order valence-electron chi connectivity index (χ2n) is 4.01. The van der Waals surface area contributed by atoms with Gasteiger partial charge in [0.2, 0.25) is 0 Å². The lowest BCUT2D eigenvalue weighted by molar-refractivity contribution is -0.184. The van der Waals surface area contributed by atoms with Crippen molar-refractivity contribution >= 4 is 28.3 Å². The van der Waals surface area contributed by atoms with Crippen molar-refractivity contribution in [1.29, 1.82) is 0 Å². The predicted octanol–water partition coefficient (Wildman–Crippen LogP) is 3.66. The van der Waals surface area contributed by atoms with Gasteiger partial charge in [0, 0.05) is 11.0 Å². The Balaban J connectivity index is 0.00000144. The molecular formula is C11H12BrClF3N. The number of hydrogen-bond donors (Lipinski definition) is 1. The van der Waals surface area contributed by atoms with Crippen LogP contribution >= 0.6 is 28.3 Å². The van der Waals surface area contributed by atoms with Crippen LogP contribution in [0.2, 0.25) is 0 Å². The summed E-state index contributed by atoms with van der Waals surface area (Å²) >= 11 is 3.23. The lowest BCUT2D eigenvalue weighted by Gasteiger charge is -2.31. The standard InChI is InChI=1S/C11H11BrF3N.ClH/c12-9-3-1-8(2-4-9)10(11(13,14)15)5-6-16-7-10;/h1-4,16H,5-7H2;1H. The Hall–Kier alpha value is -0.260. The highest BCUT2D eigenvalue weighted by Gasteiger charge is 2.56. The summed E-state index contributed by atoms with van der Waals surface area (Å²) in [4.78, 5) is 0. The number of benzene rings is 1. The Labute approximate surface area is 112 Å². The van der Waals surface area contributed by atoms with Crippen LogP contribution in [0.4, 0.5) is 13.2 Å². The van der Waals surface area contributed by atoms with Crippen molar-refractivity contribution in [2.24, 2.45) is 0 Å². The van der Waals surface area contributed by atoms with Crippen molar-refractivity contribution in [3.63, 3.8) is 0 Å². The molecule has 1 unspecified atom stereocenters. The average Bonchev–Trinajstić information content (AvgIpc) is 2.68. The second kappa shape index (κ2) is 5.16. The highest BCUT2D eigenvalue weighted by molar-refractivity contribution is 9.10. The molecule has 1 aliphatic rings. The van der Waals surface area contributed by atoms with Gasteiger partial charge in [0.25, 0.3) is 0 Å². The van der Waals surface area contributed by atoms with Gasteiger partial charge in [-0.15, -0.1) is 12.4 Å². The number of nitrogens with one attached hydrogen (secondary N) is 1. The minimum absolute atomic E-state index is 0. The number of halogens is 5. The Morgan fingerprint density at radius 3 is 2.18 bits per heavy atom. The molecule has 96 valence electrons. The zero-order valence-electron chi connectivity index (χ0n) is 8.85. The van der Waals surface area contributed by atoms with Crippen molar-refractivity contribution < 1.29 is 13.2 Å². The predicted molar refractivity (Wildman–Crippen MR) is 66.6 cm³/mol. The van der Waals surface area contributed by atoms with E-state index in [1.165, 1.54) is 0 Å². The van der Waals surface area contributed by atoms with Crippen LogP contribution in [-0.2, 0) is 5.41 Å². The summed E-state index contributed by atoms with van der Waals surface area (Å²) < 4.78 is 40.2. The van der Waals surface area contributed by atoms with Gasteiger partial charge in [-0.3, -0.25) is 0 Å². The van der Waals surface area contributed by atoms with E-state index in [-0.39, 0.29) is 25.4 Å². The average molecular weight is 331 g/mol. The maximum Gasteiger partial charge on any atom is 0.399 e. The lowest BCUT2D eigenvalue weighted by atomic mass is 9.79. The van der Waals surface area contributed by atoms with E-state index < -0.39 is 11.6 Å². The maximum absolute atomic E-state index is 13.2. The van der Waals surface area contributed by atoms with E-state index in [9.17, 15) is 13.2 Å². The first-order valence-electron chi connectivity index (χ1n) is 4.99. The van der Waals surface area contributed by atoms with Gasteiger partial charge in [-0.2, -0.15) is 13.2 Å². The van der Waals surface area contributed by atoms with Gasteiger partial charge >= 0.3 is 6.18 Å². The van der Waals surface area contributed by atoms with E-state index in [0.717, 1.165) is 4.47 Å². The van der Waals surface area contributed by atoms with Crippen molar-refractivity contribution in [3.8, 4) is 0 Å². The quantitative estimate of drug-likeness (QED) is 0.828. The molecule has 1 heterocycles. The molecule has 0 aliphatic carbocycles. The summed E-state index contributed by atoms with van der Waals surface area (Å²) in [5.74, 6) is 0. The third-order valence-corrected chi connectivity index (χ3v) is 3.62. The fraction of sp³-hybridized carbons (Fsp3) is 0.455. The molecule has 0 spiro atoms. The Morgan fingerprint density at radius 1 is 1.18 bits per heavy atom. The molecule has 2 rings (SSSR count). The molecule has 1 N–H and O–H groups in total. The van der Waals surface area contributed by atoms with Crippen LogP contribution in [0.15, 0.2) is 28.7 Å².